The number of halogens is 1. The molecule has 0 aliphatic carbocycles. The van der Waals surface area contributed by atoms with Crippen LogP contribution >= 0.6 is 11.6 Å². The molecule has 29 heavy (non-hydrogen) atoms. The van der Waals surface area contributed by atoms with Crippen LogP contribution in [0.25, 0.3) is 11.8 Å². The average molecular weight is 413 g/mol. The first-order chi connectivity index (χ1) is 14.2. The summed E-state index contributed by atoms with van der Waals surface area (Å²) in [5, 5.41) is 8.76. The van der Waals surface area contributed by atoms with Gasteiger partial charge in [-0.2, -0.15) is 5.10 Å². The van der Waals surface area contributed by atoms with Gasteiger partial charge in [0, 0.05) is 31.6 Å². The zero-order valence-electron chi connectivity index (χ0n) is 16.5. The smallest absolute Gasteiger partial charge is 0.153 e. The summed E-state index contributed by atoms with van der Waals surface area (Å²) < 4.78 is 10.0. The molecule has 5 heterocycles. The third-order valence-corrected chi connectivity index (χ3v) is 5.98. The van der Waals surface area contributed by atoms with Crippen molar-refractivity contribution in [3.8, 4) is 0 Å². The molecule has 1 saturated heterocycles. The molecule has 1 unspecified atom stereocenters. The second-order valence-electron chi connectivity index (χ2n) is 7.81. The molecule has 0 radical (unpaired) electrons. The van der Waals surface area contributed by atoms with Gasteiger partial charge in [-0.1, -0.05) is 24.1 Å². The molecule has 0 bridgehead atoms. The van der Waals surface area contributed by atoms with Crippen LogP contribution in [-0.2, 0) is 11.3 Å². The Labute approximate surface area is 174 Å². The van der Waals surface area contributed by atoms with Gasteiger partial charge in [-0.3, -0.25) is 4.90 Å². The normalized spacial score (nSPS) is 19.8. The first kappa shape index (κ1) is 18.7. The Hall–Kier alpha value is -2.35. The van der Waals surface area contributed by atoms with Crippen LogP contribution in [-0.4, -0.2) is 43.9 Å². The number of fused-ring (bicyclic) bond motifs is 2. The van der Waals surface area contributed by atoms with Crippen molar-refractivity contribution in [1.82, 2.24) is 24.1 Å². The highest BCUT2D eigenvalue weighted by Crippen LogP contribution is 2.32. The quantitative estimate of drug-likeness (QED) is 0.681. The summed E-state index contributed by atoms with van der Waals surface area (Å²) in [6, 6.07) is 8.32. The minimum atomic E-state index is 0.273. The minimum absolute atomic E-state index is 0.273. The topological polar surface area (TPSA) is 59.6 Å². The maximum Gasteiger partial charge on any atom is 0.153 e. The van der Waals surface area contributed by atoms with Gasteiger partial charge >= 0.3 is 0 Å². The van der Waals surface area contributed by atoms with Crippen LogP contribution in [0.4, 0.5) is 5.82 Å². The molecule has 152 valence electrons. The molecule has 1 atom stereocenters. The highest BCUT2D eigenvalue weighted by Gasteiger charge is 2.27. The number of hydrogen-bond donors (Lipinski definition) is 1. The molecule has 7 nitrogen and oxygen atoms in total. The Balaban J connectivity index is 1.29. The number of nitrogens with one attached hydrogen (secondary N) is 1. The summed E-state index contributed by atoms with van der Waals surface area (Å²) in [6.07, 6.45) is 7.56. The fourth-order valence-electron chi connectivity index (χ4n) is 4.18. The molecule has 8 heteroatoms. The van der Waals surface area contributed by atoms with E-state index in [2.05, 4.69) is 34.4 Å². The van der Waals surface area contributed by atoms with E-state index in [1.807, 2.05) is 33.5 Å². The van der Waals surface area contributed by atoms with E-state index in [1.165, 1.54) is 18.4 Å². The van der Waals surface area contributed by atoms with Crippen LogP contribution < -0.4 is 5.32 Å². The summed E-state index contributed by atoms with van der Waals surface area (Å²) in [5.74, 6) is 1.06. The number of ether oxygens (including phenoxy) is 1. The first-order valence-corrected chi connectivity index (χ1v) is 10.5. The van der Waals surface area contributed by atoms with Crippen LogP contribution in [0, 0.1) is 0 Å². The molecule has 1 fully saturated rings. The average Bonchev–Trinajstić information content (AvgIpc) is 3.28. The highest BCUT2D eigenvalue weighted by atomic mass is 35.5. The second-order valence-corrected chi connectivity index (χ2v) is 8.17. The summed E-state index contributed by atoms with van der Waals surface area (Å²) in [4.78, 5) is 6.77. The van der Waals surface area contributed by atoms with Crippen molar-refractivity contribution in [1.29, 1.82) is 0 Å². The zero-order chi connectivity index (χ0) is 19.8. The Morgan fingerprint density at radius 3 is 3.17 bits per heavy atom. The Bertz CT molecular complexity index is 1050. The molecular formula is C21H25ClN6O. The SMILES string of the molecule is CC1=Cn2nc(C3CCCCN3COCc3c(Cl)nc4ccccn34)cc2NC1. The summed E-state index contributed by atoms with van der Waals surface area (Å²) >= 11 is 6.33. The molecule has 0 saturated carbocycles. The van der Waals surface area contributed by atoms with E-state index in [0.29, 0.717) is 18.5 Å². The lowest BCUT2D eigenvalue weighted by Crippen LogP contribution is -2.35. The summed E-state index contributed by atoms with van der Waals surface area (Å²) in [6.45, 7) is 4.98. The van der Waals surface area contributed by atoms with Gasteiger partial charge in [0.25, 0.3) is 0 Å². The van der Waals surface area contributed by atoms with Crippen molar-refractivity contribution in [2.45, 2.75) is 38.8 Å². The minimum Gasteiger partial charge on any atom is -0.366 e. The lowest BCUT2D eigenvalue weighted by molar-refractivity contribution is -0.0204. The molecule has 3 aromatic heterocycles. The Kier molecular flexibility index (Phi) is 5.03. The third kappa shape index (κ3) is 3.66. The molecule has 3 aromatic rings. The maximum atomic E-state index is 6.33. The monoisotopic (exact) mass is 412 g/mol. The predicted molar refractivity (Wildman–Crippen MR) is 114 cm³/mol. The third-order valence-electron chi connectivity index (χ3n) is 5.68. The summed E-state index contributed by atoms with van der Waals surface area (Å²) in [5.41, 5.74) is 4.11. The number of anilines is 1. The van der Waals surface area contributed by atoms with E-state index in [-0.39, 0.29) is 6.04 Å². The van der Waals surface area contributed by atoms with Gasteiger partial charge in [-0.15, -0.1) is 0 Å². The number of piperidine rings is 1. The van der Waals surface area contributed by atoms with Crippen molar-refractivity contribution in [3.05, 3.63) is 52.6 Å². The lowest BCUT2D eigenvalue weighted by Gasteiger charge is -2.34. The van der Waals surface area contributed by atoms with E-state index in [1.54, 1.807) is 0 Å². The lowest BCUT2D eigenvalue weighted by atomic mass is 10.00. The molecule has 0 spiro atoms. The second kappa shape index (κ2) is 7.82. The largest absolute Gasteiger partial charge is 0.366 e. The van der Waals surface area contributed by atoms with Crippen molar-refractivity contribution in [3.63, 3.8) is 0 Å². The van der Waals surface area contributed by atoms with Gasteiger partial charge in [-0.05, 0) is 37.5 Å². The van der Waals surface area contributed by atoms with Crippen molar-refractivity contribution in [2.24, 2.45) is 0 Å². The number of nitrogens with zero attached hydrogens (tertiary/aromatic N) is 5. The van der Waals surface area contributed by atoms with Gasteiger partial charge in [0.1, 0.15) is 18.2 Å². The Morgan fingerprint density at radius 2 is 2.24 bits per heavy atom. The maximum absolute atomic E-state index is 6.33. The van der Waals surface area contributed by atoms with Gasteiger partial charge < -0.3 is 14.5 Å². The van der Waals surface area contributed by atoms with E-state index < -0.39 is 0 Å². The van der Waals surface area contributed by atoms with Gasteiger partial charge in [0.15, 0.2) is 5.15 Å². The predicted octanol–water partition coefficient (Wildman–Crippen LogP) is 4.17. The molecule has 2 aliphatic rings. The van der Waals surface area contributed by atoms with Crippen LogP contribution in [0.3, 0.4) is 0 Å². The van der Waals surface area contributed by atoms with Crippen molar-refractivity contribution in [2.75, 3.05) is 25.1 Å². The number of hydrogen-bond acceptors (Lipinski definition) is 5. The van der Waals surface area contributed by atoms with Crippen LogP contribution in [0.5, 0.6) is 0 Å². The number of likely N-dealkylation sites (tertiary alicyclic amines) is 1. The van der Waals surface area contributed by atoms with E-state index in [9.17, 15) is 0 Å². The number of rotatable bonds is 5. The molecular weight excluding hydrogens is 388 g/mol. The molecule has 2 aliphatic heterocycles. The van der Waals surface area contributed by atoms with Gasteiger partial charge in [-0.25, -0.2) is 9.67 Å². The van der Waals surface area contributed by atoms with E-state index in [4.69, 9.17) is 21.4 Å². The first-order valence-electron chi connectivity index (χ1n) is 10.1. The van der Waals surface area contributed by atoms with Gasteiger partial charge in [0.05, 0.1) is 24.0 Å². The summed E-state index contributed by atoms with van der Waals surface area (Å²) in [7, 11) is 0. The number of pyridine rings is 1. The number of imidazole rings is 1. The highest BCUT2D eigenvalue weighted by molar-refractivity contribution is 6.30. The number of aromatic nitrogens is 4. The van der Waals surface area contributed by atoms with Crippen molar-refractivity contribution < 1.29 is 4.74 Å². The Morgan fingerprint density at radius 1 is 1.31 bits per heavy atom. The van der Waals surface area contributed by atoms with Crippen LogP contribution in [0.2, 0.25) is 5.15 Å². The molecule has 0 aromatic carbocycles. The zero-order valence-corrected chi connectivity index (χ0v) is 17.3. The molecule has 0 amide bonds. The van der Waals surface area contributed by atoms with Gasteiger partial charge in [0.2, 0.25) is 0 Å². The standard InChI is InChI=1S/C21H25ClN6O/c1-15-11-23-20-10-16(25-28(20)12-15)17-6-2-4-8-26(17)14-29-13-18-21(22)24-19-7-3-5-9-27(18)19/h3,5,7,9-10,12,17,23H,2,4,6,8,11,13-14H2,1H3. The molecule has 5 rings (SSSR count). The van der Waals surface area contributed by atoms with E-state index in [0.717, 1.165) is 42.4 Å². The molecule has 1 N–H and O–H groups in total. The fraction of sp³-hybridized carbons (Fsp3) is 0.429. The van der Waals surface area contributed by atoms with Crippen LogP contribution in [0.1, 0.15) is 43.6 Å². The van der Waals surface area contributed by atoms with Crippen molar-refractivity contribution >= 4 is 29.3 Å². The van der Waals surface area contributed by atoms with Crippen LogP contribution in [0.15, 0.2) is 36.0 Å². The van der Waals surface area contributed by atoms with E-state index >= 15 is 0 Å². The fourth-order valence-corrected chi connectivity index (χ4v) is 4.41.